The Balaban J connectivity index is 2.25. The maximum absolute atomic E-state index is 14.9. The number of nitrogens with zero attached hydrogens (tertiary/aromatic N) is 1. The summed E-state index contributed by atoms with van der Waals surface area (Å²) in [4.78, 5) is -0.861. The van der Waals surface area contributed by atoms with Crippen LogP contribution in [0.15, 0.2) is 0 Å². The van der Waals surface area contributed by atoms with Crippen LogP contribution in [0.5, 0.6) is 0 Å². The molecule has 0 radical (unpaired) electrons. The molecule has 21 heteroatoms. The van der Waals surface area contributed by atoms with Crippen molar-refractivity contribution in [2.45, 2.75) is 79.6 Å². The predicted octanol–water partition coefficient (Wildman–Crippen LogP) is 5.46. The molecule has 226 valence electrons. The van der Waals surface area contributed by atoms with Crippen LogP contribution in [-0.4, -0.2) is 104 Å². The second-order valence-corrected chi connectivity index (χ2v) is 8.42. The Morgan fingerprint density at radius 2 is 1.11 bits per heavy atom. The SMILES string of the molecule is FC(C(F)(F)F)C(F)(F)CC1COC(C(F)(F)C(N2CC(C(F)(F)F)OC(C(F)(F)F)C2)C(F)(F)F)CO1. The van der Waals surface area contributed by atoms with E-state index in [9.17, 15) is 74.6 Å². The van der Waals surface area contributed by atoms with Crippen LogP contribution in [0.2, 0.25) is 0 Å². The molecule has 0 saturated carbocycles. The Hall–Kier alpha value is -1.35. The Morgan fingerprint density at radius 3 is 1.45 bits per heavy atom. The molecule has 0 aliphatic carbocycles. The van der Waals surface area contributed by atoms with E-state index in [-0.39, 0.29) is 0 Å². The maximum Gasteiger partial charge on any atom is 0.425 e. The smallest absolute Gasteiger partial charge is 0.373 e. The largest absolute Gasteiger partial charge is 0.425 e. The Bertz CT molecular complexity index is 763. The molecule has 0 N–H and O–H groups in total. The lowest BCUT2D eigenvalue weighted by Crippen LogP contribution is -2.68. The van der Waals surface area contributed by atoms with Gasteiger partial charge in [-0.15, -0.1) is 0 Å². The number of hydrogen-bond acceptors (Lipinski definition) is 4. The van der Waals surface area contributed by atoms with Crippen molar-refractivity contribution in [1.29, 1.82) is 0 Å². The summed E-state index contributed by atoms with van der Waals surface area (Å²) in [7, 11) is 0. The molecule has 2 aliphatic heterocycles. The summed E-state index contributed by atoms with van der Waals surface area (Å²) >= 11 is 0. The summed E-state index contributed by atoms with van der Waals surface area (Å²) in [6, 6.07) is -4.36. The van der Waals surface area contributed by atoms with Crippen molar-refractivity contribution in [3.05, 3.63) is 0 Å². The van der Waals surface area contributed by atoms with Crippen molar-refractivity contribution in [3.8, 4) is 0 Å². The summed E-state index contributed by atoms with van der Waals surface area (Å²) in [5.41, 5.74) is 0. The molecule has 2 heterocycles. The zero-order chi connectivity index (χ0) is 29.7. The second kappa shape index (κ2) is 10.6. The number of ether oxygens (including phenoxy) is 3. The number of morpholine rings is 1. The van der Waals surface area contributed by atoms with E-state index in [0.717, 1.165) is 0 Å². The third-order valence-electron chi connectivity index (χ3n) is 5.45. The molecule has 4 nitrogen and oxygen atoms in total. The molecule has 38 heavy (non-hydrogen) atoms. The normalized spacial score (nSPS) is 29.3. The lowest BCUT2D eigenvalue weighted by atomic mass is 9.98. The second-order valence-electron chi connectivity index (χ2n) is 8.42. The van der Waals surface area contributed by atoms with E-state index < -0.39 is 111 Å². The lowest BCUT2D eigenvalue weighted by molar-refractivity contribution is -0.339. The van der Waals surface area contributed by atoms with Crippen LogP contribution in [-0.2, 0) is 14.2 Å². The highest BCUT2D eigenvalue weighted by Crippen LogP contribution is 2.45. The third-order valence-corrected chi connectivity index (χ3v) is 5.45. The van der Waals surface area contributed by atoms with Gasteiger partial charge in [-0.05, 0) is 0 Å². The molecule has 0 aromatic rings. The minimum Gasteiger partial charge on any atom is -0.373 e. The van der Waals surface area contributed by atoms with Crippen molar-refractivity contribution in [3.63, 3.8) is 0 Å². The minimum absolute atomic E-state index is 0.861. The first kappa shape index (κ1) is 32.9. The van der Waals surface area contributed by atoms with Crippen molar-refractivity contribution < 1.29 is 88.8 Å². The van der Waals surface area contributed by atoms with E-state index in [0.29, 0.717) is 0 Å². The first-order chi connectivity index (χ1) is 16.8. The molecule has 2 rings (SSSR count). The highest BCUT2D eigenvalue weighted by molar-refractivity contribution is 5.01. The van der Waals surface area contributed by atoms with Crippen LogP contribution >= 0.6 is 0 Å². The van der Waals surface area contributed by atoms with Crippen molar-refractivity contribution >= 4 is 0 Å². The molecule has 0 aromatic heterocycles. The standard InChI is InChI=1S/C17H16F17NO3/c18-10(16(29,30)31)12(19,20)1-6-4-37-9(5-36-6)13(21,22)11(17(32,33)34)35-2-7(14(23,24)25)38-8(3-35)15(26,27)28/h6-11H,1-5H2. The van der Waals surface area contributed by atoms with Gasteiger partial charge in [-0.25, -0.2) is 22.0 Å². The first-order valence-corrected chi connectivity index (χ1v) is 10.1. The van der Waals surface area contributed by atoms with Crippen LogP contribution in [0, 0.1) is 0 Å². The van der Waals surface area contributed by atoms with Crippen molar-refractivity contribution in [1.82, 2.24) is 4.90 Å². The monoisotopic (exact) mass is 605 g/mol. The van der Waals surface area contributed by atoms with Gasteiger partial charge in [0.1, 0.15) is 6.10 Å². The highest BCUT2D eigenvalue weighted by Gasteiger charge is 2.66. The van der Waals surface area contributed by atoms with Crippen molar-refractivity contribution in [2.24, 2.45) is 0 Å². The van der Waals surface area contributed by atoms with E-state index in [1.807, 2.05) is 0 Å². The van der Waals surface area contributed by atoms with Crippen LogP contribution in [0.4, 0.5) is 74.6 Å². The van der Waals surface area contributed by atoms with E-state index in [1.54, 1.807) is 0 Å². The highest BCUT2D eigenvalue weighted by atomic mass is 19.4. The topological polar surface area (TPSA) is 30.9 Å². The van der Waals surface area contributed by atoms with E-state index in [2.05, 4.69) is 14.2 Å². The zero-order valence-corrected chi connectivity index (χ0v) is 18.1. The predicted molar refractivity (Wildman–Crippen MR) is 87.1 cm³/mol. The molecule has 2 fully saturated rings. The lowest BCUT2D eigenvalue weighted by Gasteiger charge is -2.47. The fraction of sp³-hybridized carbons (Fsp3) is 1.00. The van der Waals surface area contributed by atoms with Crippen LogP contribution in [0.1, 0.15) is 6.42 Å². The minimum atomic E-state index is -6.20. The summed E-state index contributed by atoms with van der Waals surface area (Å²) in [6.45, 7) is -7.54. The molecule has 0 aromatic carbocycles. The van der Waals surface area contributed by atoms with Gasteiger partial charge in [-0.3, -0.25) is 4.90 Å². The molecule has 6 unspecified atom stereocenters. The van der Waals surface area contributed by atoms with E-state index in [4.69, 9.17) is 0 Å². The van der Waals surface area contributed by atoms with Gasteiger partial charge in [-0.1, -0.05) is 0 Å². The molecular weight excluding hydrogens is 589 g/mol. The van der Waals surface area contributed by atoms with E-state index >= 15 is 0 Å². The van der Waals surface area contributed by atoms with Gasteiger partial charge in [0.05, 0.1) is 19.3 Å². The average molecular weight is 605 g/mol. The molecule has 2 aliphatic rings. The number of alkyl halides is 17. The van der Waals surface area contributed by atoms with Crippen LogP contribution in [0.25, 0.3) is 0 Å². The number of hydrogen-bond donors (Lipinski definition) is 0. The molecular formula is C17H16F17NO3. The summed E-state index contributed by atoms with van der Waals surface area (Å²) in [5, 5.41) is 0. The Morgan fingerprint density at radius 1 is 0.632 bits per heavy atom. The van der Waals surface area contributed by atoms with Gasteiger partial charge in [0.2, 0.25) is 0 Å². The van der Waals surface area contributed by atoms with Gasteiger partial charge in [-0.2, -0.15) is 52.7 Å². The number of halogens is 17. The van der Waals surface area contributed by atoms with Gasteiger partial charge in [0.15, 0.2) is 18.2 Å². The van der Waals surface area contributed by atoms with Gasteiger partial charge in [0.25, 0.3) is 18.0 Å². The maximum atomic E-state index is 14.9. The Labute approximate surface area is 200 Å². The summed E-state index contributed by atoms with van der Waals surface area (Å²) < 4.78 is 238. The van der Waals surface area contributed by atoms with Gasteiger partial charge in [0, 0.05) is 19.5 Å². The first-order valence-electron chi connectivity index (χ1n) is 10.1. The van der Waals surface area contributed by atoms with E-state index in [1.165, 1.54) is 0 Å². The third kappa shape index (κ3) is 7.64. The number of rotatable bonds is 6. The zero-order valence-electron chi connectivity index (χ0n) is 18.1. The van der Waals surface area contributed by atoms with Gasteiger partial charge < -0.3 is 14.2 Å². The fourth-order valence-electron chi connectivity index (χ4n) is 3.73. The van der Waals surface area contributed by atoms with Gasteiger partial charge >= 0.3 is 24.7 Å². The quantitative estimate of drug-likeness (QED) is 0.377. The summed E-state index contributed by atoms with van der Waals surface area (Å²) in [6.07, 6.45) is -43.0. The molecule has 0 spiro atoms. The van der Waals surface area contributed by atoms with Crippen LogP contribution < -0.4 is 0 Å². The molecule has 0 amide bonds. The Kier molecular flexibility index (Phi) is 9.14. The average Bonchev–Trinajstić information content (AvgIpc) is 2.70. The summed E-state index contributed by atoms with van der Waals surface area (Å²) in [5.74, 6) is -10.6. The fourth-order valence-corrected chi connectivity index (χ4v) is 3.73. The molecule has 2 saturated heterocycles. The van der Waals surface area contributed by atoms with Crippen LogP contribution in [0.3, 0.4) is 0 Å². The molecule has 6 atom stereocenters. The molecule has 0 bridgehead atoms. The van der Waals surface area contributed by atoms with Crippen molar-refractivity contribution in [2.75, 3.05) is 26.3 Å².